The second-order valence-electron chi connectivity index (χ2n) is 3.79. The van der Waals surface area contributed by atoms with Crippen molar-refractivity contribution in [1.29, 1.82) is 0 Å². The quantitative estimate of drug-likeness (QED) is 0.756. The van der Waals surface area contributed by atoms with Crippen molar-refractivity contribution in [2.75, 3.05) is 6.54 Å². The van der Waals surface area contributed by atoms with Crippen molar-refractivity contribution in [3.63, 3.8) is 0 Å². The third-order valence-electron chi connectivity index (χ3n) is 2.42. The largest absolute Gasteiger partial charge is 0.434 e. The molecule has 1 radical (unpaired) electrons. The van der Waals surface area contributed by atoms with E-state index in [-0.39, 0.29) is 0 Å². The molecule has 1 aliphatic rings. The van der Waals surface area contributed by atoms with Gasteiger partial charge in [-0.25, -0.2) is 10.1 Å². The Morgan fingerprint density at radius 2 is 2.07 bits per heavy atom. The summed E-state index contributed by atoms with van der Waals surface area (Å²) in [6.45, 7) is 0.594. The van der Waals surface area contributed by atoms with Gasteiger partial charge in [-0.1, -0.05) is 31.0 Å². The summed E-state index contributed by atoms with van der Waals surface area (Å²) in [4.78, 5) is 11.2. The minimum Gasteiger partial charge on any atom is -0.409 e. The first-order chi connectivity index (χ1) is 7.34. The summed E-state index contributed by atoms with van der Waals surface area (Å²) >= 11 is 0. The van der Waals surface area contributed by atoms with Gasteiger partial charge >= 0.3 is 6.09 Å². The molecule has 0 aliphatic heterocycles. The summed E-state index contributed by atoms with van der Waals surface area (Å²) in [7, 11) is 0. The molecular weight excluding hydrogens is 190 g/mol. The number of carbonyl (C=O) groups is 1. The van der Waals surface area contributed by atoms with Crippen molar-refractivity contribution in [1.82, 2.24) is 5.32 Å². The fourth-order valence-corrected chi connectivity index (χ4v) is 1.37. The number of rotatable bonds is 4. The molecule has 1 amide bonds. The summed E-state index contributed by atoms with van der Waals surface area (Å²) in [6, 6.07) is 9.02. The fraction of sp³-hybridized carbons (Fsp3) is 0.417. The van der Waals surface area contributed by atoms with Gasteiger partial charge in [-0.2, -0.15) is 0 Å². The van der Waals surface area contributed by atoms with E-state index in [1.165, 1.54) is 12.8 Å². The van der Waals surface area contributed by atoms with Crippen LogP contribution in [0.4, 0.5) is 4.79 Å². The van der Waals surface area contributed by atoms with Gasteiger partial charge in [0.2, 0.25) is 0 Å². The first-order valence-corrected chi connectivity index (χ1v) is 5.29. The minimum atomic E-state index is -0.484. The van der Waals surface area contributed by atoms with Crippen molar-refractivity contribution in [2.24, 2.45) is 5.92 Å². The summed E-state index contributed by atoms with van der Waals surface area (Å²) in [5.74, 6) is 1.36. The SMILES string of the molecule is O=C([N]CCC1CC1)Oc1ccccc1. The van der Waals surface area contributed by atoms with E-state index in [9.17, 15) is 4.79 Å². The van der Waals surface area contributed by atoms with Crippen LogP contribution < -0.4 is 10.1 Å². The molecule has 3 heteroatoms. The normalized spacial score (nSPS) is 14.7. The first-order valence-electron chi connectivity index (χ1n) is 5.29. The maximum Gasteiger partial charge on any atom is 0.434 e. The molecule has 1 aromatic carbocycles. The highest BCUT2D eigenvalue weighted by Crippen LogP contribution is 2.31. The van der Waals surface area contributed by atoms with E-state index in [2.05, 4.69) is 5.32 Å². The summed E-state index contributed by atoms with van der Waals surface area (Å²) in [5, 5.41) is 3.84. The van der Waals surface area contributed by atoms with Crippen molar-refractivity contribution in [2.45, 2.75) is 19.3 Å². The number of benzene rings is 1. The van der Waals surface area contributed by atoms with E-state index in [0.29, 0.717) is 12.3 Å². The van der Waals surface area contributed by atoms with Gasteiger partial charge < -0.3 is 4.74 Å². The highest BCUT2D eigenvalue weighted by atomic mass is 16.5. The van der Waals surface area contributed by atoms with E-state index in [1.54, 1.807) is 12.1 Å². The maximum absolute atomic E-state index is 11.2. The number of para-hydroxylation sites is 1. The molecule has 1 aliphatic carbocycles. The lowest BCUT2D eigenvalue weighted by Gasteiger charge is -2.03. The highest BCUT2D eigenvalue weighted by Gasteiger charge is 2.21. The molecule has 1 aromatic rings. The molecule has 0 saturated heterocycles. The summed E-state index contributed by atoms with van der Waals surface area (Å²) in [6.07, 6.45) is 3.12. The van der Waals surface area contributed by atoms with Crippen LogP contribution in [0.5, 0.6) is 5.75 Å². The van der Waals surface area contributed by atoms with Crippen LogP contribution >= 0.6 is 0 Å². The molecule has 1 fully saturated rings. The van der Waals surface area contributed by atoms with Crippen LogP contribution in [0.2, 0.25) is 0 Å². The van der Waals surface area contributed by atoms with Crippen LogP contribution in [0.3, 0.4) is 0 Å². The van der Waals surface area contributed by atoms with E-state index in [4.69, 9.17) is 4.74 Å². The Balaban J connectivity index is 1.67. The molecule has 0 spiro atoms. The topological polar surface area (TPSA) is 40.4 Å². The van der Waals surface area contributed by atoms with Gasteiger partial charge in [-0.15, -0.1) is 0 Å². The van der Waals surface area contributed by atoms with Crippen LogP contribution in [0.15, 0.2) is 30.3 Å². The molecule has 0 bridgehead atoms. The molecule has 0 heterocycles. The predicted octanol–water partition coefficient (Wildman–Crippen LogP) is 2.59. The van der Waals surface area contributed by atoms with Gasteiger partial charge in [-0.05, 0) is 24.5 Å². The lowest BCUT2D eigenvalue weighted by atomic mass is 10.3. The number of nitrogens with zero attached hydrogens (tertiary/aromatic N) is 1. The van der Waals surface area contributed by atoms with Crippen LogP contribution in [0, 0.1) is 5.92 Å². The molecule has 79 valence electrons. The van der Waals surface area contributed by atoms with Crippen LogP contribution in [-0.2, 0) is 0 Å². The lowest BCUT2D eigenvalue weighted by Crippen LogP contribution is -2.21. The van der Waals surface area contributed by atoms with Crippen LogP contribution in [0.1, 0.15) is 19.3 Å². The second-order valence-corrected chi connectivity index (χ2v) is 3.79. The molecule has 2 rings (SSSR count). The standard InChI is InChI=1S/C12H14NO2/c14-12(13-9-8-10-6-7-10)15-11-4-2-1-3-5-11/h1-5,10H,6-9H2. The van der Waals surface area contributed by atoms with Gasteiger partial charge in [0.15, 0.2) is 0 Å². The molecule has 15 heavy (non-hydrogen) atoms. The van der Waals surface area contributed by atoms with Crippen LogP contribution in [0.25, 0.3) is 0 Å². The highest BCUT2D eigenvalue weighted by molar-refractivity contribution is 5.69. The zero-order valence-electron chi connectivity index (χ0n) is 8.56. The average molecular weight is 204 g/mol. The Kier molecular flexibility index (Phi) is 3.22. The Morgan fingerprint density at radius 1 is 1.33 bits per heavy atom. The first kappa shape index (κ1) is 10.0. The molecule has 0 atom stereocenters. The minimum absolute atomic E-state index is 0.484. The van der Waals surface area contributed by atoms with E-state index < -0.39 is 6.09 Å². The van der Waals surface area contributed by atoms with E-state index in [1.807, 2.05) is 18.2 Å². The number of hydrogen-bond donors (Lipinski definition) is 0. The Bertz CT molecular complexity index is 320. The van der Waals surface area contributed by atoms with Gasteiger partial charge in [0.05, 0.1) is 0 Å². The molecule has 1 saturated carbocycles. The van der Waals surface area contributed by atoms with Crippen LogP contribution in [-0.4, -0.2) is 12.6 Å². The van der Waals surface area contributed by atoms with Gasteiger partial charge in [0.25, 0.3) is 0 Å². The zero-order chi connectivity index (χ0) is 10.5. The van der Waals surface area contributed by atoms with Crippen molar-refractivity contribution >= 4 is 6.09 Å². The number of carbonyl (C=O) groups excluding carboxylic acids is 1. The number of hydrogen-bond acceptors (Lipinski definition) is 2. The predicted molar refractivity (Wildman–Crippen MR) is 56.8 cm³/mol. The van der Waals surface area contributed by atoms with Crippen molar-refractivity contribution in [3.05, 3.63) is 30.3 Å². The van der Waals surface area contributed by atoms with Gasteiger partial charge in [-0.3, -0.25) is 0 Å². The van der Waals surface area contributed by atoms with E-state index in [0.717, 1.165) is 12.3 Å². The Hall–Kier alpha value is -1.51. The zero-order valence-corrected chi connectivity index (χ0v) is 8.56. The summed E-state index contributed by atoms with van der Waals surface area (Å²) in [5.41, 5.74) is 0. The third-order valence-corrected chi connectivity index (χ3v) is 2.42. The van der Waals surface area contributed by atoms with E-state index >= 15 is 0 Å². The lowest BCUT2D eigenvalue weighted by molar-refractivity contribution is 0.199. The van der Waals surface area contributed by atoms with Crippen molar-refractivity contribution < 1.29 is 9.53 Å². The molecule has 0 aromatic heterocycles. The third kappa shape index (κ3) is 3.62. The molecular formula is C12H14NO2. The van der Waals surface area contributed by atoms with Gasteiger partial charge in [0, 0.05) is 6.54 Å². The Morgan fingerprint density at radius 3 is 2.73 bits per heavy atom. The number of amides is 1. The maximum atomic E-state index is 11.2. The second kappa shape index (κ2) is 4.82. The van der Waals surface area contributed by atoms with Gasteiger partial charge in [0.1, 0.15) is 5.75 Å². The fourth-order valence-electron chi connectivity index (χ4n) is 1.37. The monoisotopic (exact) mass is 204 g/mol. The average Bonchev–Trinajstić information content (AvgIpc) is 3.03. The summed E-state index contributed by atoms with van der Waals surface area (Å²) < 4.78 is 5.01. The number of ether oxygens (including phenoxy) is 1. The molecule has 3 nitrogen and oxygen atoms in total. The smallest absolute Gasteiger partial charge is 0.409 e. The molecule has 0 N–H and O–H groups in total. The Labute approximate surface area is 89.4 Å². The van der Waals surface area contributed by atoms with Crippen molar-refractivity contribution in [3.8, 4) is 5.75 Å². The molecule has 0 unspecified atom stereocenters.